The summed E-state index contributed by atoms with van der Waals surface area (Å²) in [7, 11) is 0. The summed E-state index contributed by atoms with van der Waals surface area (Å²) in [6.07, 6.45) is 39.3. The van der Waals surface area contributed by atoms with Crippen molar-refractivity contribution in [2.24, 2.45) is 5.73 Å². The first-order chi connectivity index (χ1) is 55.9. The molecule has 7 N–H and O–H groups in total. The number of hydrogen-bond donors (Lipinski definition) is 6. The van der Waals surface area contributed by atoms with Crippen LogP contribution in [-0.2, 0) is 75.1 Å². The molecule has 30 nitrogen and oxygen atoms in total. The molecule has 2 aliphatic heterocycles. The fraction of sp³-hybridized carbons (Fsp3) is 0.726. The van der Waals surface area contributed by atoms with Crippen LogP contribution in [0.2, 0.25) is 0 Å². The molecule has 2 aliphatic rings. The highest BCUT2D eigenvalue weighted by molar-refractivity contribution is 8.00. The van der Waals surface area contributed by atoms with Gasteiger partial charge in [-0.25, -0.2) is 19.1 Å². The second-order valence-corrected chi connectivity index (χ2v) is 32.2. The molecule has 116 heavy (non-hydrogen) atoms. The first-order valence-corrected chi connectivity index (χ1v) is 43.7. The second-order valence-electron chi connectivity index (χ2n) is 29.7. The van der Waals surface area contributed by atoms with Crippen molar-refractivity contribution in [2.75, 3.05) is 168 Å². The highest BCUT2D eigenvalue weighted by atomic mass is 32.2. The molecule has 0 bridgehead atoms. The van der Waals surface area contributed by atoms with Gasteiger partial charge in [-0.1, -0.05) is 18.6 Å². The predicted molar refractivity (Wildman–Crippen MR) is 451 cm³/mol. The van der Waals surface area contributed by atoms with Crippen LogP contribution in [0, 0.1) is 61.7 Å². The van der Waals surface area contributed by atoms with Crippen molar-refractivity contribution >= 4 is 88.7 Å². The number of terminal acetylenes is 5. The summed E-state index contributed by atoms with van der Waals surface area (Å²) in [5.74, 6) is 13.6. The molecule has 4 atom stereocenters. The standard InChI is InChI=1S/C84H133N15O15S2/c1-10-16-21-35-76(104)93(46-48-95(78(106)37-23-18-12-3)50-52-97(75(103)15-6)55-66-115-65-40-70(100)31-29-42-88-83(110)114-84(7,8)9)45-47-94(77(105)36-22-17-11-2)49-51-96(79(107)38-24-19-13-4)53-58-99(56-41-85,80(108)39-25-20-14-5)57-43-86-74(102)34-28-30-69-67-98(92-91-69)54-60-112-62-64-113-63-61-111-59-44-87-73(101)33-27-26-32-72-81-71(68-116-72)89-82(109)90-81/h1-5,67,71-72,81H,15-66,68,85H2,6-9H3,(H4-,86,87,88,89,90,101,102,109,110)/p+1/t71-,72-,81-,99?/m0/s1. The summed E-state index contributed by atoms with van der Waals surface area (Å²) in [6.45, 7) is 12.4. The summed E-state index contributed by atoms with van der Waals surface area (Å²) in [6, 6.07) is 0.287. The van der Waals surface area contributed by atoms with Gasteiger partial charge in [0, 0.05) is 197 Å². The molecule has 0 saturated carbocycles. The number of quaternary nitrogens is 1. The Bertz CT molecular complexity index is 3360. The van der Waals surface area contributed by atoms with E-state index in [1.165, 1.54) is 0 Å². The topological polar surface area (TPSA) is 358 Å². The Labute approximate surface area is 698 Å². The maximum atomic E-state index is 14.6. The smallest absolute Gasteiger partial charge is 0.407 e. The number of carbonyl (C=O) groups is 11. The highest BCUT2D eigenvalue weighted by Gasteiger charge is 2.43. The predicted octanol–water partition coefficient (Wildman–Crippen LogP) is 5.48. The number of carbonyl (C=O) groups excluding carboxylic acids is 11. The molecular weight excluding hydrogens is 1520 g/mol. The van der Waals surface area contributed by atoms with Gasteiger partial charge in [0.1, 0.15) is 24.5 Å². The van der Waals surface area contributed by atoms with Crippen LogP contribution in [0.3, 0.4) is 0 Å². The Morgan fingerprint density at radius 3 is 1.59 bits per heavy atom. The Hall–Kier alpha value is -8.39. The average molecular weight is 1660 g/mol. The Balaban J connectivity index is 1.62. The number of fused-ring (bicyclic) bond motifs is 1. The van der Waals surface area contributed by atoms with E-state index in [1.807, 2.05) is 18.0 Å². The van der Waals surface area contributed by atoms with Crippen LogP contribution in [0.15, 0.2) is 6.20 Å². The van der Waals surface area contributed by atoms with Crippen LogP contribution in [0.5, 0.6) is 0 Å². The first-order valence-electron chi connectivity index (χ1n) is 41.5. The van der Waals surface area contributed by atoms with Gasteiger partial charge in [0.2, 0.25) is 41.4 Å². The van der Waals surface area contributed by atoms with E-state index in [9.17, 15) is 52.7 Å². The van der Waals surface area contributed by atoms with E-state index < -0.39 is 11.7 Å². The molecular formula is C84H134N15O15S2+. The van der Waals surface area contributed by atoms with Gasteiger partial charge < -0.3 is 75.8 Å². The molecule has 0 radical (unpaired) electrons. The lowest BCUT2D eigenvalue weighted by atomic mass is 10.0. The van der Waals surface area contributed by atoms with E-state index in [1.54, 1.807) is 68.6 Å². The van der Waals surface area contributed by atoms with Crippen molar-refractivity contribution < 1.29 is 76.2 Å². The number of nitrogens with two attached hydrogens (primary N) is 1. The number of hydrogen-bond acceptors (Lipinski definition) is 20. The van der Waals surface area contributed by atoms with Crippen LogP contribution >= 0.6 is 23.5 Å². The van der Waals surface area contributed by atoms with E-state index in [0.717, 1.165) is 25.0 Å². The van der Waals surface area contributed by atoms with Gasteiger partial charge in [0.15, 0.2) is 0 Å². The average Bonchev–Trinajstić information content (AvgIpc) is 1.66. The molecule has 646 valence electrons. The van der Waals surface area contributed by atoms with Crippen molar-refractivity contribution in [1.29, 1.82) is 0 Å². The number of Topliss-reactive ketones (excluding diaryl/α,β-unsaturated/α-hetero) is 1. The van der Waals surface area contributed by atoms with Crippen molar-refractivity contribution in [3.63, 3.8) is 0 Å². The molecule has 0 spiro atoms. The van der Waals surface area contributed by atoms with Crippen LogP contribution in [0.25, 0.3) is 0 Å². The zero-order valence-electron chi connectivity index (χ0n) is 69.7. The number of nitrogens with zero attached hydrogens (tertiary/aromatic N) is 9. The van der Waals surface area contributed by atoms with Crippen molar-refractivity contribution in [1.82, 2.24) is 66.1 Å². The molecule has 3 rings (SSSR count). The number of thioether (sulfide) groups is 2. The summed E-state index contributed by atoms with van der Waals surface area (Å²) in [5.41, 5.74) is 6.39. The fourth-order valence-electron chi connectivity index (χ4n) is 13.0. The van der Waals surface area contributed by atoms with E-state index in [2.05, 4.69) is 66.5 Å². The number of nitrogens with one attached hydrogen (secondary N) is 5. The number of unbranched alkanes of at least 4 members (excludes halogenated alkanes) is 6. The minimum Gasteiger partial charge on any atom is -0.444 e. The molecule has 11 amide bonds. The highest BCUT2D eigenvalue weighted by Crippen LogP contribution is 2.33. The molecule has 1 unspecified atom stereocenters. The normalized spacial score (nSPS) is 14.5. The van der Waals surface area contributed by atoms with E-state index in [4.69, 9.17) is 56.8 Å². The number of ketones is 1. The summed E-state index contributed by atoms with van der Waals surface area (Å²) >= 11 is 3.42. The van der Waals surface area contributed by atoms with Crippen LogP contribution in [0.4, 0.5) is 9.59 Å². The lowest BCUT2D eigenvalue weighted by molar-refractivity contribution is -0.851. The van der Waals surface area contributed by atoms with Gasteiger partial charge in [-0.05, 0) is 85.0 Å². The van der Waals surface area contributed by atoms with Crippen LogP contribution in [-0.4, -0.2) is 300 Å². The first kappa shape index (κ1) is 102. The molecule has 3 heterocycles. The monoisotopic (exact) mass is 1660 g/mol. The van der Waals surface area contributed by atoms with Crippen molar-refractivity contribution in [2.45, 2.75) is 224 Å². The maximum absolute atomic E-state index is 14.6. The van der Waals surface area contributed by atoms with Gasteiger partial charge in [-0.2, -0.15) is 23.5 Å². The molecule has 0 aliphatic carbocycles. The van der Waals surface area contributed by atoms with Crippen molar-refractivity contribution in [3.8, 4) is 61.7 Å². The fourth-order valence-corrected chi connectivity index (χ4v) is 15.5. The third kappa shape index (κ3) is 45.4. The number of aromatic nitrogens is 3. The Morgan fingerprint density at radius 1 is 0.560 bits per heavy atom. The van der Waals surface area contributed by atoms with E-state index in [-0.39, 0.29) is 212 Å². The lowest BCUT2D eigenvalue weighted by Crippen LogP contribution is -2.60. The SMILES string of the molecule is C#CCCCC(=O)N(CCN(CCSCCC(=O)CCCNC(=O)OC(C)(C)C)C(=O)CC)CCN(CCN(CCN(CC[N+](CCN)(CCNC(=O)CCCc1cn(CCOCCOCCOCCNC(=O)CCCC[C@@H]2SC[C@@H]3NC(=O)N[C@@H]32)nn1)C(=O)CCCC#C)C(=O)CCCC#C)C(=O)CCCC#C)C(=O)CCCC#C. The lowest BCUT2D eigenvalue weighted by Gasteiger charge is -2.38. The van der Waals surface area contributed by atoms with Crippen molar-refractivity contribution in [3.05, 3.63) is 11.9 Å². The summed E-state index contributed by atoms with van der Waals surface area (Å²) < 4.78 is 23.7. The van der Waals surface area contributed by atoms with Gasteiger partial charge in [-0.3, -0.25) is 42.8 Å². The molecule has 0 aromatic carbocycles. The zero-order valence-corrected chi connectivity index (χ0v) is 71.3. The van der Waals surface area contributed by atoms with E-state index >= 15 is 0 Å². The second kappa shape index (κ2) is 61.9. The third-order valence-corrected chi connectivity index (χ3v) is 22.0. The summed E-state index contributed by atoms with van der Waals surface area (Å²) in [5, 5.41) is 23.4. The Kier molecular flexibility index (Phi) is 54.3. The maximum Gasteiger partial charge on any atom is 0.407 e. The molecule has 1 aromatic rings. The Morgan fingerprint density at radius 2 is 1.06 bits per heavy atom. The van der Waals surface area contributed by atoms with Gasteiger partial charge in [0.25, 0.3) is 0 Å². The number of amides is 11. The van der Waals surface area contributed by atoms with Gasteiger partial charge in [0.05, 0.1) is 90.0 Å². The minimum atomic E-state index is -0.628. The molecule has 2 saturated heterocycles. The largest absolute Gasteiger partial charge is 0.444 e. The summed E-state index contributed by atoms with van der Waals surface area (Å²) in [4.78, 5) is 155. The van der Waals surface area contributed by atoms with Crippen LogP contribution in [0.1, 0.15) is 194 Å². The molecule has 2 fully saturated rings. The van der Waals surface area contributed by atoms with Gasteiger partial charge >= 0.3 is 18.0 Å². The van der Waals surface area contributed by atoms with E-state index in [0.29, 0.717) is 191 Å². The molecule has 32 heteroatoms. The number of aryl methyl sites for hydroxylation is 1. The third-order valence-electron chi connectivity index (χ3n) is 19.5. The van der Waals surface area contributed by atoms with Crippen LogP contribution < -0.4 is 32.3 Å². The van der Waals surface area contributed by atoms with Gasteiger partial charge in [-0.15, -0.1) is 66.8 Å². The number of urea groups is 1. The molecule has 1 aromatic heterocycles. The zero-order chi connectivity index (χ0) is 85.0. The number of rotatable bonds is 67. The number of ether oxygens (including phenoxy) is 4. The minimum absolute atomic E-state index is 0.00311. The number of alkyl carbamates (subject to hydrolysis) is 1. The quantitative estimate of drug-likeness (QED) is 0.0203.